The molecule has 156 valence electrons. The Hall–Kier alpha value is -1.89. The van der Waals surface area contributed by atoms with E-state index >= 15 is 0 Å². The number of hydrogen-bond acceptors (Lipinski definition) is 2. The number of anilines is 1. The van der Waals surface area contributed by atoms with Gasteiger partial charge in [0.15, 0.2) is 0 Å². The first-order valence-electron chi connectivity index (χ1n) is 8.68. The van der Waals surface area contributed by atoms with Crippen LogP contribution in [0.25, 0.3) is 0 Å². The zero-order chi connectivity index (χ0) is 20.9. The molecule has 1 aliphatic rings. The van der Waals surface area contributed by atoms with Gasteiger partial charge in [-0.1, -0.05) is 37.2 Å². The van der Waals surface area contributed by atoms with Crippen LogP contribution in [0, 0.1) is 11.5 Å². The Balaban J connectivity index is 0.00000300. The van der Waals surface area contributed by atoms with E-state index in [-0.39, 0.29) is 32.0 Å². The predicted octanol–water partition coefficient (Wildman–Crippen LogP) is 5.12. The lowest BCUT2D eigenvalue weighted by molar-refractivity contribution is -0.137. The van der Waals surface area contributed by atoms with E-state index in [1.54, 1.807) is 10.9 Å². The maximum Gasteiger partial charge on any atom is 0.417 e. The number of benzene rings is 1. The Morgan fingerprint density at radius 1 is 1.28 bits per heavy atom. The van der Waals surface area contributed by atoms with Crippen molar-refractivity contribution >= 4 is 44.8 Å². The number of halogens is 4. The molecule has 1 atom stereocenters. The highest BCUT2D eigenvalue weighted by Crippen LogP contribution is 2.37. The summed E-state index contributed by atoms with van der Waals surface area (Å²) in [5, 5.41) is 3.85. The molecule has 0 fully saturated rings. The molecule has 0 radical (unpaired) electrons. The van der Waals surface area contributed by atoms with Crippen LogP contribution < -0.4 is 4.90 Å². The molecule has 10 heteroatoms. The van der Waals surface area contributed by atoms with E-state index in [9.17, 15) is 18.0 Å². The zero-order valence-corrected chi connectivity index (χ0v) is 19.1. The first kappa shape index (κ1) is 23.4. The van der Waals surface area contributed by atoms with Gasteiger partial charge in [-0.25, -0.2) is 0 Å². The summed E-state index contributed by atoms with van der Waals surface area (Å²) < 4.78 is 40.5. The topological polar surface area (TPSA) is 38.1 Å². The lowest BCUT2D eigenvalue weighted by Crippen LogP contribution is -2.43. The largest absolute Gasteiger partial charge is 0.417 e. The van der Waals surface area contributed by atoms with Crippen molar-refractivity contribution in [3.05, 3.63) is 46.2 Å². The van der Waals surface area contributed by atoms with Crippen LogP contribution in [0.3, 0.4) is 0 Å². The molecule has 29 heavy (non-hydrogen) atoms. The van der Waals surface area contributed by atoms with Crippen molar-refractivity contribution in [2.75, 3.05) is 11.4 Å². The fourth-order valence-corrected chi connectivity index (χ4v) is 3.72. The molecule has 0 saturated heterocycles. The van der Waals surface area contributed by atoms with Crippen molar-refractivity contribution < 1.29 is 18.0 Å². The van der Waals surface area contributed by atoms with Gasteiger partial charge < -0.3 is 4.90 Å². The third kappa shape index (κ3) is 4.82. The van der Waals surface area contributed by atoms with Gasteiger partial charge in [-0.3, -0.25) is 9.48 Å². The molecule has 0 bridgehead atoms. The third-order valence-corrected chi connectivity index (χ3v) is 5.44. The summed E-state index contributed by atoms with van der Waals surface area (Å²) in [6.45, 7) is 8.44. The standard InChI is InChI=1S/C19H19ClF3N3OSi.H2S/c1-12-11-25(14-5-6-15(16(20)9-14)19(21,22)23)18(27)17-13(10-24-26(12)17)7-8-28(2,3)4;/h5-6,9-10,12H,11H2,1-4H3;1H2/t12-;/m0./s1. The molecule has 1 aromatic carbocycles. The normalized spacial score (nSPS) is 16.6. The zero-order valence-electron chi connectivity index (χ0n) is 16.4. The summed E-state index contributed by atoms with van der Waals surface area (Å²) in [5.41, 5.74) is 3.48. The lowest BCUT2D eigenvalue weighted by Gasteiger charge is -2.32. The smallest absolute Gasteiger partial charge is 0.305 e. The van der Waals surface area contributed by atoms with Gasteiger partial charge in [0, 0.05) is 12.2 Å². The fraction of sp³-hybridized carbons (Fsp3) is 0.368. The molecule has 3 rings (SSSR count). The van der Waals surface area contributed by atoms with E-state index in [4.69, 9.17) is 11.6 Å². The van der Waals surface area contributed by atoms with Crippen LogP contribution in [0.15, 0.2) is 24.4 Å². The fourth-order valence-electron chi connectivity index (χ4n) is 2.93. The lowest BCUT2D eigenvalue weighted by atomic mass is 10.1. The maximum absolute atomic E-state index is 13.1. The van der Waals surface area contributed by atoms with Crippen LogP contribution in [0.2, 0.25) is 24.7 Å². The molecule has 4 nitrogen and oxygen atoms in total. The number of carbonyl (C=O) groups excluding carboxylic acids is 1. The molecule has 0 unspecified atom stereocenters. The molecule has 0 N–H and O–H groups in total. The molecule has 1 aliphatic heterocycles. The van der Waals surface area contributed by atoms with Crippen molar-refractivity contribution in [2.24, 2.45) is 0 Å². The molecule has 0 saturated carbocycles. The number of fused-ring (bicyclic) bond motifs is 1. The number of hydrogen-bond donors (Lipinski definition) is 0. The van der Waals surface area contributed by atoms with Gasteiger partial charge in [-0.15, -0.1) is 5.54 Å². The minimum Gasteiger partial charge on any atom is -0.305 e. The Bertz CT molecular complexity index is 1000. The highest BCUT2D eigenvalue weighted by atomic mass is 35.5. The van der Waals surface area contributed by atoms with E-state index in [0.29, 0.717) is 16.9 Å². The van der Waals surface area contributed by atoms with Crippen molar-refractivity contribution in [3.8, 4) is 11.5 Å². The van der Waals surface area contributed by atoms with Crippen molar-refractivity contribution in [1.82, 2.24) is 9.78 Å². The highest BCUT2D eigenvalue weighted by Gasteiger charge is 2.36. The van der Waals surface area contributed by atoms with Gasteiger partial charge in [-0.05, 0) is 25.1 Å². The highest BCUT2D eigenvalue weighted by molar-refractivity contribution is 7.59. The second kappa shape index (κ2) is 8.09. The van der Waals surface area contributed by atoms with Gasteiger partial charge in [-0.2, -0.15) is 31.8 Å². The monoisotopic (exact) mass is 459 g/mol. The summed E-state index contributed by atoms with van der Waals surface area (Å²) in [4.78, 5) is 14.5. The molecule has 1 aromatic heterocycles. The van der Waals surface area contributed by atoms with Crippen LogP contribution in [0.4, 0.5) is 18.9 Å². The molecule has 2 heterocycles. The van der Waals surface area contributed by atoms with Gasteiger partial charge in [0.2, 0.25) is 0 Å². The van der Waals surface area contributed by atoms with Crippen LogP contribution in [-0.4, -0.2) is 30.3 Å². The summed E-state index contributed by atoms with van der Waals surface area (Å²) in [5.74, 6) is 2.71. The Morgan fingerprint density at radius 3 is 2.48 bits per heavy atom. The first-order chi connectivity index (χ1) is 12.9. The van der Waals surface area contributed by atoms with Crippen molar-refractivity contribution in [3.63, 3.8) is 0 Å². The first-order valence-corrected chi connectivity index (χ1v) is 12.6. The summed E-state index contributed by atoms with van der Waals surface area (Å²) >= 11 is 5.83. The summed E-state index contributed by atoms with van der Waals surface area (Å²) in [7, 11) is -1.66. The molecular weight excluding hydrogens is 439 g/mol. The minimum atomic E-state index is -4.55. The van der Waals surface area contributed by atoms with Crippen LogP contribution >= 0.6 is 25.1 Å². The van der Waals surface area contributed by atoms with E-state index in [1.165, 1.54) is 17.0 Å². The average Bonchev–Trinajstić information content (AvgIpc) is 2.99. The van der Waals surface area contributed by atoms with Crippen LogP contribution in [0.1, 0.15) is 34.6 Å². The second-order valence-corrected chi connectivity index (χ2v) is 12.9. The number of rotatable bonds is 1. The van der Waals surface area contributed by atoms with E-state index in [2.05, 4.69) is 36.2 Å². The molecule has 1 amide bonds. The van der Waals surface area contributed by atoms with Crippen LogP contribution in [-0.2, 0) is 6.18 Å². The molecule has 0 spiro atoms. The van der Waals surface area contributed by atoms with Crippen LogP contribution in [0.5, 0.6) is 0 Å². The summed E-state index contributed by atoms with van der Waals surface area (Å²) in [6.07, 6.45) is -2.98. The Labute approximate surface area is 180 Å². The quantitative estimate of drug-likeness (QED) is 0.438. The molecule has 0 aliphatic carbocycles. The minimum absolute atomic E-state index is 0. The van der Waals surface area contributed by atoms with Gasteiger partial charge in [0.1, 0.15) is 13.8 Å². The number of aromatic nitrogens is 2. The number of carbonyl (C=O) groups is 1. The molecule has 2 aromatic rings. The van der Waals surface area contributed by atoms with Crippen molar-refractivity contribution in [1.29, 1.82) is 0 Å². The molecular formula is C19H21ClF3N3OSSi. The van der Waals surface area contributed by atoms with Gasteiger partial charge >= 0.3 is 6.18 Å². The Kier molecular flexibility index (Phi) is 6.52. The van der Waals surface area contributed by atoms with Gasteiger partial charge in [0.05, 0.1) is 28.4 Å². The van der Waals surface area contributed by atoms with Crippen molar-refractivity contribution in [2.45, 2.75) is 38.8 Å². The maximum atomic E-state index is 13.1. The van der Waals surface area contributed by atoms with E-state index in [1.807, 2.05) is 6.92 Å². The number of alkyl halides is 3. The number of amides is 1. The Morgan fingerprint density at radius 2 is 1.93 bits per heavy atom. The SMILES string of the molecule is C[C@H]1CN(c2ccc(C(F)(F)F)c(Cl)c2)C(=O)c2c(C#C[Si](C)(C)C)cnn21.S. The van der Waals surface area contributed by atoms with Gasteiger partial charge in [0.25, 0.3) is 5.91 Å². The van der Waals surface area contributed by atoms with E-state index < -0.39 is 24.8 Å². The third-order valence-electron chi connectivity index (χ3n) is 4.25. The van der Waals surface area contributed by atoms with E-state index in [0.717, 1.165) is 6.07 Å². The average molecular weight is 460 g/mol. The summed E-state index contributed by atoms with van der Waals surface area (Å²) in [6, 6.07) is 3.18. The number of nitrogens with zero attached hydrogens (tertiary/aromatic N) is 3. The second-order valence-electron chi connectivity index (χ2n) is 7.78. The predicted molar refractivity (Wildman–Crippen MR) is 116 cm³/mol.